The third kappa shape index (κ3) is 5.85. The van der Waals surface area contributed by atoms with Crippen LogP contribution >= 0.6 is 0 Å². The molecule has 1 rings (SSSR count). The molecule has 0 heterocycles. The summed E-state index contributed by atoms with van der Waals surface area (Å²) in [6, 6.07) is 5.24. The van der Waals surface area contributed by atoms with Crippen molar-refractivity contribution in [2.75, 3.05) is 26.2 Å². The van der Waals surface area contributed by atoms with E-state index >= 15 is 0 Å². The first-order chi connectivity index (χ1) is 9.33. The number of nitrogens with two attached hydrogens (primary N) is 1. The van der Waals surface area contributed by atoms with Crippen molar-refractivity contribution >= 4 is 0 Å². The fourth-order valence-electron chi connectivity index (χ4n) is 1.92. The van der Waals surface area contributed by atoms with Crippen molar-refractivity contribution in [3.05, 3.63) is 35.6 Å². The van der Waals surface area contributed by atoms with Crippen LogP contribution in [0.1, 0.15) is 18.0 Å². The summed E-state index contributed by atoms with van der Waals surface area (Å²) in [5, 5.41) is 8.76. The maximum absolute atomic E-state index is 13.5. The van der Waals surface area contributed by atoms with Gasteiger partial charge in [0, 0.05) is 24.7 Å². The van der Waals surface area contributed by atoms with Crippen LogP contribution in [0.15, 0.2) is 24.3 Å². The van der Waals surface area contributed by atoms with Gasteiger partial charge in [-0.15, -0.1) is 0 Å². The Morgan fingerprint density at radius 2 is 1.85 bits per heavy atom. The minimum atomic E-state index is -4.34. The second kappa shape index (κ2) is 7.56. The number of nitrogens with zero attached hydrogens (tertiary/aromatic N) is 1. The third-order valence-electron chi connectivity index (χ3n) is 2.88. The van der Waals surface area contributed by atoms with E-state index in [1.807, 2.05) is 0 Å². The first kappa shape index (κ1) is 16.9. The molecule has 0 aliphatic carbocycles. The minimum Gasteiger partial charge on any atom is -0.395 e. The van der Waals surface area contributed by atoms with Gasteiger partial charge in [0.2, 0.25) is 0 Å². The summed E-state index contributed by atoms with van der Waals surface area (Å²) >= 11 is 0. The highest BCUT2D eigenvalue weighted by Gasteiger charge is 2.30. The Kier molecular flexibility index (Phi) is 6.38. The van der Waals surface area contributed by atoms with Crippen LogP contribution in [0.2, 0.25) is 0 Å². The molecule has 7 heteroatoms. The molecule has 3 nitrogen and oxygen atoms in total. The number of hydrogen-bond acceptors (Lipinski definition) is 3. The van der Waals surface area contributed by atoms with Gasteiger partial charge < -0.3 is 10.8 Å². The monoisotopic (exact) mass is 294 g/mol. The van der Waals surface area contributed by atoms with Gasteiger partial charge in [0.05, 0.1) is 13.2 Å². The summed E-state index contributed by atoms with van der Waals surface area (Å²) in [6.45, 7) is -1.54. The second-order valence-electron chi connectivity index (χ2n) is 4.53. The fraction of sp³-hybridized carbons (Fsp3) is 0.538. The first-order valence-corrected chi connectivity index (χ1v) is 6.23. The molecule has 3 N–H and O–H groups in total. The smallest absolute Gasteiger partial charge is 0.395 e. The van der Waals surface area contributed by atoms with Gasteiger partial charge in [0.15, 0.2) is 0 Å². The molecule has 0 aliphatic rings. The Bertz CT molecular complexity index is 412. The van der Waals surface area contributed by atoms with Crippen molar-refractivity contribution in [3.63, 3.8) is 0 Å². The predicted molar refractivity (Wildman–Crippen MR) is 67.5 cm³/mol. The summed E-state index contributed by atoms with van der Waals surface area (Å²) in [4.78, 5) is 1.06. The number of alkyl halides is 3. The number of rotatable bonds is 7. The first-order valence-electron chi connectivity index (χ1n) is 6.23. The maximum Gasteiger partial charge on any atom is 0.401 e. The molecule has 0 saturated heterocycles. The molecule has 20 heavy (non-hydrogen) atoms. The van der Waals surface area contributed by atoms with Crippen LogP contribution in [0.5, 0.6) is 0 Å². The molecule has 0 amide bonds. The summed E-state index contributed by atoms with van der Waals surface area (Å²) in [5.41, 5.74) is 6.07. The maximum atomic E-state index is 13.5. The van der Waals surface area contributed by atoms with E-state index in [-0.39, 0.29) is 31.7 Å². The van der Waals surface area contributed by atoms with Crippen molar-refractivity contribution < 1.29 is 22.7 Å². The van der Waals surface area contributed by atoms with Gasteiger partial charge in [-0.2, -0.15) is 13.2 Å². The summed E-state index contributed by atoms with van der Waals surface area (Å²) in [7, 11) is 0. The van der Waals surface area contributed by atoms with E-state index in [2.05, 4.69) is 0 Å². The van der Waals surface area contributed by atoms with Gasteiger partial charge in [-0.05, 0) is 12.5 Å². The van der Waals surface area contributed by atoms with Crippen molar-refractivity contribution in [1.29, 1.82) is 0 Å². The number of hydrogen-bond donors (Lipinski definition) is 2. The Morgan fingerprint density at radius 3 is 2.40 bits per heavy atom. The predicted octanol–water partition coefficient (Wildman–Crippen LogP) is 2.07. The summed E-state index contributed by atoms with van der Waals surface area (Å²) in [6.07, 6.45) is -4.16. The molecule has 1 atom stereocenters. The van der Waals surface area contributed by atoms with Crippen LogP contribution in [0.4, 0.5) is 17.6 Å². The van der Waals surface area contributed by atoms with Gasteiger partial charge in [-0.3, -0.25) is 4.90 Å². The van der Waals surface area contributed by atoms with Crippen LogP contribution < -0.4 is 5.73 Å². The largest absolute Gasteiger partial charge is 0.401 e. The molecule has 0 radical (unpaired) electrons. The average Bonchev–Trinajstić information content (AvgIpc) is 2.34. The molecule has 0 saturated carbocycles. The molecular weight excluding hydrogens is 276 g/mol. The topological polar surface area (TPSA) is 49.5 Å². The Labute approximate surface area is 115 Å². The van der Waals surface area contributed by atoms with Crippen LogP contribution in [-0.2, 0) is 0 Å². The van der Waals surface area contributed by atoms with E-state index in [1.54, 1.807) is 6.07 Å². The van der Waals surface area contributed by atoms with E-state index in [0.717, 1.165) is 4.90 Å². The molecule has 0 aliphatic heterocycles. The lowest BCUT2D eigenvalue weighted by Gasteiger charge is -2.24. The van der Waals surface area contributed by atoms with Crippen LogP contribution in [0.3, 0.4) is 0 Å². The van der Waals surface area contributed by atoms with Gasteiger partial charge in [-0.25, -0.2) is 4.39 Å². The van der Waals surface area contributed by atoms with Crippen LogP contribution in [-0.4, -0.2) is 42.4 Å². The lowest BCUT2D eigenvalue weighted by molar-refractivity contribution is -0.147. The molecular formula is C13H18F4N2O. The number of benzene rings is 1. The highest BCUT2D eigenvalue weighted by molar-refractivity contribution is 5.20. The number of halogens is 4. The highest BCUT2D eigenvalue weighted by Crippen LogP contribution is 2.20. The molecule has 0 bridgehead atoms. The van der Waals surface area contributed by atoms with Crippen LogP contribution in [0, 0.1) is 5.82 Å². The molecule has 0 fully saturated rings. The Balaban J connectivity index is 2.56. The summed E-state index contributed by atoms with van der Waals surface area (Å²) in [5.74, 6) is -0.468. The van der Waals surface area contributed by atoms with Crippen LogP contribution in [0.25, 0.3) is 0 Å². The molecule has 1 aromatic rings. The van der Waals surface area contributed by atoms with Crippen molar-refractivity contribution in [1.82, 2.24) is 4.90 Å². The molecule has 114 valence electrons. The zero-order chi connectivity index (χ0) is 15.2. The minimum absolute atomic E-state index is 0.0373. The van der Waals surface area contributed by atoms with Crippen molar-refractivity contribution in [2.24, 2.45) is 5.73 Å². The van der Waals surface area contributed by atoms with E-state index in [9.17, 15) is 17.6 Å². The van der Waals surface area contributed by atoms with Gasteiger partial charge in [0.1, 0.15) is 5.82 Å². The van der Waals surface area contributed by atoms with Gasteiger partial charge in [-0.1, -0.05) is 18.2 Å². The quantitative estimate of drug-likeness (QED) is 0.757. The molecule has 1 unspecified atom stereocenters. The molecule has 0 spiro atoms. The van der Waals surface area contributed by atoms with E-state index < -0.39 is 24.6 Å². The van der Waals surface area contributed by atoms with Gasteiger partial charge >= 0.3 is 6.18 Å². The number of aliphatic hydroxyl groups excluding tert-OH is 1. The van der Waals surface area contributed by atoms with E-state index in [4.69, 9.17) is 10.8 Å². The zero-order valence-corrected chi connectivity index (χ0v) is 10.9. The SMILES string of the molecule is NC(CCN(CCO)CC(F)(F)F)c1ccccc1F. The zero-order valence-electron chi connectivity index (χ0n) is 10.9. The average molecular weight is 294 g/mol. The Hall–Kier alpha value is -1.18. The molecule has 0 aromatic heterocycles. The normalized spacial score (nSPS) is 13.8. The second-order valence-corrected chi connectivity index (χ2v) is 4.53. The third-order valence-corrected chi connectivity index (χ3v) is 2.88. The summed E-state index contributed by atoms with van der Waals surface area (Å²) < 4.78 is 50.4. The highest BCUT2D eigenvalue weighted by atomic mass is 19.4. The lowest BCUT2D eigenvalue weighted by atomic mass is 10.0. The van der Waals surface area contributed by atoms with Crippen molar-refractivity contribution in [2.45, 2.75) is 18.6 Å². The lowest BCUT2D eigenvalue weighted by Crippen LogP contribution is -2.37. The fourth-order valence-corrected chi connectivity index (χ4v) is 1.92. The van der Waals surface area contributed by atoms with Gasteiger partial charge in [0.25, 0.3) is 0 Å². The van der Waals surface area contributed by atoms with E-state index in [1.165, 1.54) is 18.2 Å². The standard InChI is InChI=1S/C13H18F4N2O/c14-11-4-2-1-3-10(11)12(18)5-6-19(7-8-20)9-13(15,16)17/h1-4,12,20H,5-9,18H2. The Morgan fingerprint density at radius 1 is 1.20 bits per heavy atom. The molecule has 1 aromatic carbocycles. The van der Waals surface area contributed by atoms with E-state index in [0.29, 0.717) is 0 Å². The van der Waals surface area contributed by atoms with Crippen molar-refractivity contribution in [3.8, 4) is 0 Å². The number of aliphatic hydroxyl groups is 1.